The van der Waals surface area contributed by atoms with E-state index >= 15 is 0 Å². The van der Waals surface area contributed by atoms with Crippen LogP contribution < -0.4 is 4.74 Å². The van der Waals surface area contributed by atoms with Gasteiger partial charge in [-0.05, 0) is 12.1 Å². The van der Waals surface area contributed by atoms with Gasteiger partial charge in [-0.2, -0.15) is 0 Å². The maximum absolute atomic E-state index is 13.0. The summed E-state index contributed by atoms with van der Waals surface area (Å²) in [4.78, 5) is 12.7. The van der Waals surface area contributed by atoms with Gasteiger partial charge >= 0.3 is 0 Å². The van der Waals surface area contributed by atoms with Crippen molar-refractivity contribution in [3.63, 3.8) is 0 Å². The fourth-order valence-corrected chi connectivity index (χ4v) is 1.16. The quantitative estimate of drug-likeness (QED) is 0.815. The number of carbonyl (C=O) groups is 1. The molecule has 16 heavy (non-hydrogen) atoms. The number of nitrogens with zero attached hydrogens (tertiary/aromatic N) is 1. The van der Waals surface area contributed by atoms with E-state index in [2.05, 4.69) is 0 Å². The van der Waals surface area contributed by atoms with Crippen molar-refractivity contribution in [3.8, 4) is 5.75 Å². The van der Waals surface area contributed by atoms with Crippen LogP contribution in [0.2, 0.25) is 5.02 Å². The third-order valence-electron chi connectivity index (χ3n) is 1.97. The number of hydrogen-bond donors (Lipinski definition) is 0. The second-order valence-corrected chi connectivity index (χ2v) is 3.87. The van der Waals surface area contributed by atoms with Crippen LogP contribution in [0.1, 0.15) is 6.42 Å². The number of carbonyl (C=O) groups excluding carboxylic acids is 1. The number of halogens is 2. The van der Waals surface area contributed by atoms with E-state index in [-0.39, 0.29) is 24.0 Å². The smallest absolute Gasteiger partial charge is 0.225 e. The highest BCUT2D eigenvalue weighted by Crippen LogP contribution is 2.20. The molecule has 0 saturated carbocycles. The summed E-state index contributed by atoms with van der Waals surface area (Å²) in [6.07, 6.45) is 0.261. The fourth-order valence-electron chi connectivity index (χ4n) is 1.05. The second kappa shape index (κ2) is 5.70. The molecular formula is C11H13ClFNO2. The zero-order valence-electron chi connectivity index (χ0n) is 9.17. The first-order chi connectivity index (χ1) is 7.50. The number of amides is 1. The van der Waals surface area contributed by atoms with E-state index in [1.807, 2.05) is 0 Å². The molecule has 0 saturated heterocycles. The average Bonchev–Trinajstić information content (AvgIpc) is 2.23. The summed E-state index contributed by atoms with van der Waals surface area (Å²) in [7, 11) is 3.34. The molecule has 0 spiro atoms. The van der Waals surface area contributed by atoms with Gasteiger partial charge in [0.1, 0.15) is 11.6 Å². The summed E-state index contributed by atoms with van der Waals surface area (Å²) < 4.78 is 18.2. The first-order valence-corrected chi connectivity index (χ1v) is 5.16. The molecule has 1 aromatic carbocycles. The van der Waals surface area contributed by atoms with Crippen molar-refractivity contribution >= 4 is 17.5 Å². The molecule has 0 aromatic heterocycles. The van der Waals surface area contributed by atoms with E-state index in [0.29, 0.717) is 5.75 Å². The molecule has 0 aliphatic rings. The van der Waals surface area contributed by atoms with Gasteiger partial charge in [0.25, 0.3) is 0 Å². The molecule has 0 aliphatic carbocycles. The second-order valence-electron chi connectivity index (χ2n) is 3.46. The van der Waals surface area contributed by atoms with Crippen LogP contribution in [0.3, 0.4) is 0 Å². The molecule has 1 aromatic rings. The molecular weight excluding hydrogens is 233 g/mol. The molecule has 0 fully saturated rings. The van der Waals surface area contributed by atoms with E-state index in [9.17, 15) is 9.18 Å². The average molecular weight is 246 g/mol. The minimum absolute atomic E-state index is 0.0329. The predicted octanol–water partition coefficient (Wildman–Crippen LogP) is 2.34. The van der Waals surface area contributed by atoms with Crippen LogP contribution in [-0.4, -0.2) is 31.5 Å². The first kappa shape index (κ1) is 12.8. The first-order valence-electron chi connectivity index (χ1n) is 4.78. The number of benzene rings is 1. The van der Waals surface area contributed by atoms with Gasteiger partial charge in [0, 0.05) is 20.2 Å². The molecule has 88 valence electrons. The van der Waals surface area contributed by atoms with Gasteiger partial charge in [-0.3, -0.25) is 4.79 Å². The van der Waals surface area contributed by atoms with Crippen LogP contribution in [0.15, 0.2) is 18.2 Å². The van der Waals surface area contributed by atoms with Crippen LogP contribution >= 0.6 is 11.6 Å². The monoisotopic (exact) mass is 245 g/mol. The van der Waals surface area contributed by atoms with Gasteiger partial charge in [-0.25, -0.2) is 4.39 Å². The minimum atomic E-state index is -0.530. The van der Waals surface area contributed by atoms with Gasteiger partial charge in [-0.15, -0.1) is 0 Å². The molecule has 3 nitrogen and oxygen atoms in total. The number of rotatable bonds is 4. The van der Waals surface area contributed by atoms with Crippen molar-refractivity contribution < 1.29 is 13.9 Å². The van der Waals surface area contributed by atoms with Crippen molar-refractivity contribution in [1.29, 1.82) is 0 Å². The summed E-state index contributed by atoms with van der Waals surface area (Å²) in [6, 6.07) is 4.17. The highest BCUT2D eigenvalue weighted by Gasteiger charge is 2.05. The summed E-state index contributed by atoms with van der Waals surface area (Å²) in [5.74, 6) is -0.194. The van der Waals surface area contributed by atoms with E-state index in [1.165, 1.54) is 17.0 Å². The molecule has 0 radical (unpaired) electrons. The number of ether oxygens (including phenoxy) is 1. The standard InChI is InChI=1S/C11H13ClFNO2/c1-14(2)11(15)5-6-16-8-3-4-9(12)10(13)7-8/h3-4,7H,5-6H2,1-2H3. The summed E-state index contributed by atoms with van der Waals surface area (Å²) >= 11 is 5.52. The Bertz CT molecular complexity index is 382. The normalized spacial score (nSPS) is 10.0. The van der Waals surface area contributed by atoms with Crippen LogP contribution in [0.4, 0.5) is 4.39 Å². The van der Waals surface area contributed by atoms with Crippen molar-refractivity contribution in [1.82, 2.24) is 4.90 Å². The van der Waals surface area contributed by atoms with Crippen molar-refractivity contribution in [2.75, 3.05) is 20.7 Å². The maximum Gasteiger partial charge on any atom is 0.225 e. The molecule has 0 bridgehead atoms. The highest BCUT2D eigenvalue weighted by atomic mass is 35.5. The third kappa shape index (κ3) is 3.70. The largest absolute Gasteiger partial charge is 0.493 e. The van der Waals surface area contributed by atoms with Gasteiger partial charge in [-0.1, -0.05) is 11.6 Å². The Labute approximate surface area is 98.8 Å². The molecule has 0 heterocycles. The Morgan fingerprint density at radius 1 is 1.50 bits per heavy atom. The van der Waals surface area contributed by atoms with Gasteiger partial charge in [0.05, 0.1) is 18.1 Å². The summed E-state index contributed by atoms with van der Waals surface area (Å²) in [5, 5.41) is 0.0525. The Balaban J connectivity index is 2.43. The molecule has 5 heteroatoms. The van der Waals surface area contributed by atoms with Crippen molar-refractivity contribution in [2.45, 2.75) is 6.42 Å². The van der Waals surface area contributed by atoms with Crippen LogP contribution in [0, 0.1) is 5.82 Å². The Morgan fingerprint density at radius 3 is 2.75 bits per heavy atom. The number of hydrogen-bond acceptors (Lipinski definition) is 2. The summed E-state index contributed by atoms with van der Waals surface area (Å²) in [6.45, 7) is 0.220. The maximum atomic E-state index is 13.0. The van der Waals surface area contributed by atoms with Crippen LogP contribution in [-0.2, 0) is 4.79 Å². The minimum Gasteiger partial charge on any atom is -0.493 e. The molecule has 1 amide bonds. The molecule has 0 atom stereocenters. The lowest BCUT2D eigenvalue weighted by molar-refractivity contribution is -0.129. The zero-order valence-corrected chi connectivity index (χ0v) is 9.92. The lowest BCUT2D eigenvalue weighted by Gasteiger charge is -2.10. The predicted molar refractivity (Wildman–Crippen MR) is 60.2 cm³/mol. The highest BCUT2D eigenvalue weighted by molar-refractivity contribution is 6.30. The van der Waals surface area contributed by atoms with Crippen molar-refractivity contribution in [3.05, 3.63) is 29.0 Å². The SMILES string of the molecule is CN(C)C(=O)CCOc1ccc(Cl)c(F)c1. The molecule has 0 N–H and O–H groups in total. The van der Waals surface area contributed by atoms with E-state index in [4.69, 9.17) is 16.3 Å². The molecule has 1 rings (SSSR count). The third-order valence-corrected chi connectivity index (χ3v) is 2.28. The Hall–Kier alpha value is -1.29. The molecule has 0 aliphatic heterocycles. The Morgan fingerprint density at radius 2 is 2.19 bits per heavy atom. The fraction of sp³-hybridized carbons (Fsp3) is 0.364. The van der Waals surface area contributed by atoms with Gasteiger partial charge in [0.2, 0.25) is 5.91 Å². The van der Waals surface area contributed by atoms with Gasteiger partial charge in [0.15, 0.2) is 0 Å². The van der Waals surface area contributed by atoms with E-state index in [1.54, 1.807) is 20.2 Å². The lowest BCUT2D eigenvalue weighted by Crippen LogP contribution is -2.23. The lowest BCUT2D eigenvalue weighted by atomic mass is 10.3. The van der Waals surface area contributed by atoms with E-state index < -0.39 is 5.82 Å². The molecule has 0 unspecified atom stereocenters. The van der Waals surface area contributed by atoms with Crippen LogP contribution in [0.25, 0.3) is 0 Å². The van der Waals surface area contributed by atoms with Gasteiger partial charge < -0.3 is 9.64 Å². The van der Waals surface area contributed by atoms with Crippen LogP contribution in [0.5, 0.6) is 5.75 Å². The van der Waals surface area contributed by atoms with E-state index in [0.717, 1.165) is 0 Å². The Kier molecular flexibility index (Phi) is 4.55. The summed E-state index contributed by atoms with van der Waals surface area (Å²) in [5.41, 5.74) is 0. The van der Waals surface area contributed by atoms with Crippen molar-refractivity contribution in [2.24, 2.45) is 0 Å². The zero-order chi connectivity index (χ0) is 12.1. The topological polar surface area (TPSA) is 29.5 Å².